The first-order valence-corrected chi connectivity index (χ1v) is 4.52. The zero-order valence-corrected chi connectivity index (χ0v) is 8.85. The van der Waals surface area contributed by atoms with Crippen molar-refractivity contribution in [3.63, 3.8) is 0 Å². The van der Waals surface area contributed by atoms with Crippen LogP contribution in [-0.2, 0) is 11.0 Å². The zero-order valence-electron chi connectivity index (χ0n) is 8.85. The third-order valence-electron chi connectivity index (χ3n) is 1.91. The number of benzene rings is 1. The lowest BCUT2D eigenvalue weighted by Crippen LogP contribution is -2.22. The van der Waals surface area contributed by atoms with Crippen LogP contribution < -0.4 is 4.74 Å². The molecule has 0 aromatic heterocycles. The van der Waals surface area contributed by atoms with Gasteiger partial charge in [0.25, 0.3) is 0 Å². The van der Waals surface area contributed by atoms with Gasteiger partial charge in [0.1, 0.15) is 0 Å². The molecule has 0 bridgehead atoms. The van der Waals surface area contributed by atoms with E-state index in [-0.39, 0.29) is 6.07 Å². The molecule has 0 amide bonds. The van der Waals surface area contributed by atoms with Gasteiger partial charge in [0.2, 0.25) is 5.75 Å². The fourth-order valence-electron chi connectivity index (χ4n) is 1.10. The summed E-state index contributed by atoms with van der Waals surface area (Å²) in [6.45, 7) is 0. The van der Waals surface area contributed by atoms with Crippen LogP contribution in [0, 0.1) is 10.1 Å². The molecular formula is C9H5F4NO5. The Morgan fingerprint density at radius 3 is 2.42 bits per heavy atom. The Labute approximate surface area is 102 Å². The molecule has 104 valence electrons. The molecule has 1 aromatic rings. The van der Waals surface area contributed by atoms with Crippen LogP contribution in [-0.4, -0.2) is 22.4 Å². The van der Waals surface area contributed by atoms with Crippen molar-refractivity contribution in [1.29, 1.82) is 0 Å². The van der Waals surface area contributed by atoms with Crippen molar-refractivity contribution in [2.45, 2.75) is 12.5 Å². The van der Waals surface area contributed by atoms with Crippen molar-refractivity contribution in [2.75, 3.05) is 0 Å². The van der Waals surface area contributed by atoms with Gasteiger partial charge < -0.3 is 9.84 Å². The second kappa shape index (κ2) is 5.08. The van der Waals surface area contributed by atoms with Gasteiger partial charge in [0.15, 0.2) is 0 Å². The highest BCUT2D eigenvalue weighted by molar-refractivity contribution is 5.71. The number of alkyl halides is 4. The number of aliphatic carboxylic acids is 1. The van der Waals surface area contributed by atoms with Gasteiger partial charge in [-0.05, 0) is 12.1 Å². The van der Waals surface area contributed by atoms with E-state index in [1.165, 1.54) is 0 Å². The highest BCUT2D eigenvalue weighted by atomic mass is 19.4. The molecule has 0 fully saturated rings. The molecule has 0 heterocycles. The predicted molar refractivity (Wildman–Crippen MR) is 51.3 cm³/mol. The fourth-order valence-corrected chi connectivity index (χ4v) is 1.10. The molecule has 0 spiro atoms. The van der Waals surface area contributed by atoms with E-state index < -0.39 is 40.4 Å². The van der Waals surface area contributed by atoms with Gasteiger partial charge in [0.05, 0.1) is 10.5 Å². The molecule has 0 aliphatic rings. The van der Waals surface area contributed by atoms with Gasteiger partial charge in [0, 0.05) is 6.07 Å². The van der Waals surface area contributed by atoms with Crippen LogP contribution in [0.25, 0.3) is 0 Å². The first kappa shape index (κ1) is 14.7. The van der Waals surface area contributed by atoms with Crippen molar-refractivity contribution < 1.29 is 37.1 Å². The topological polar surface area (TPSA) is 89.7 Å². The molecule has 0 radical (unpaired) electrons. The molecule has 10 heteroatoms. The third kappa shape index (κ3) is 3.53. The van der Waals surface area contributed by atoms with Crippen LogP contribution in [0.5, 0.6) is 5.75 Å². The molecular weight excluding hydrogens is 278 g/mol. The van der Waals surface area contributed by atoms with E-state index in [4.69, 9.17) is 5.11 Å². The number of halogens is 4. The highest BCUT2D eigenvalue weighted by Gasteiger charge is 2.34. The first-order valence-electron chi connectivity index (χ1n) is 4.52. The van der Waals surface area contributed by atoms with E-state index in [9.17, 15) is 32.5 Å². The Hall–Kier alpha value is -2.39. The summed E-state index contributed by atoms with van der Waals surface area (Å²) in [6.07, 6.45) is -7.75. The van der Waals surface area contributed by atoms with Crippen molar-refractivity contribution in [2.24, 2.45) is 0 Å². The van der Waals surface area contributed by atoms with Crippen LogP contribution in [0.3, 0.4) is 0 Å². The SMILES string of the molecule is O=C(O)C(F)Oc1ccc(C(F)(F)F)cc1[N+](=O)[O-]. The van der Waals surface area contributed by atoms with Crippen molar-refractivity contribution in [3.8, 4) is 5.75 Å². The van der Waals surface area contributed by atoms with Crippen LogP contribution in [0.15, 0.2) is 18.2 Å². The normalized spacial score (nSPS) is 12.8. The monoisotopic (exact) mass is 283 g/mol. The van der Waals surface area contributed by atoms with Gasteiger partial charge in [-0.25, -0.2) is 4.79 Å². The number of hydrogen-bond donors (Lipinski definition) is 1. The number of nitro groups is 1. The number of carbonyl (C=O) groups is 1. The van der Waals surface area contributed by atoms with E-state index in [1.54, 1.807) is 0 Å². The molecule has 1 N–H and O–H groups in total. The molecule has 0 saturated carbocycles. The van der Waals surface area contributed by atoms with Gasteiger partial charge in [-0.15, -0.1) is 0 Å². The molecule has 1 unspecified atom stereocenters. The zero-order chi connectivity index (χ0) is 14.8. The molecule has 1 aromatic carbocycles. The second-order valence-electron chi connectivity index (χ2n) is 3.21. The van der Waals surface area contributed by atoms with Gasteiger partial charge in [-0.2, -0.15) is 17.6 Å². The number of carboxylic acids is 1. The Balaban J connectivity index is 3.19. The van der Waals surface area contributed by atoms with E-state index in [0.717, 1.165) is 0 Å². The number of nitro benzene ring substituents is 1. The van der Waals surface area contributed by atoms with E-state index in [1.807, 2.05) is 0 Å². The lowest BCUT2D eigenvalue weighted by molar-refractivity contribution is -0.386. The Morgan fingerprint density at radius 1 is 1.42 bits per heavy atom. The maximum Gasteiger partial charge on any atom is 0.416 e. The molecule has 0 aliphatic carbocycles. The molecule has 1 atom stereocenters. The Kier molecular flexibility index (Phi) is 3.92. The summed E-state index contributed by atoms with van der Waals surface area (Å²) < 4.78 is 53.7. The van der Waals surface area contributed by atoms with Crippen molar-refractivity contribution in [1.82, 2.24) is 0 Å². The molecule has 0 saturated heterocycles. The molecule has 6 nitrogen and oxygen atoms in total. The average molecular weight is 283 g/mol. The first-order chi connectivity index (χ1) is 8.62. The summed E-state index contributed by atoms with van der Waals surface area (Å²) in [5.41, 5.74) is -2.52. The summed E-state index contributed by atoms with van der Waals surface area (Å²) >= 11 is 0. The minimum absolute atomic E-state index is 0.129. The lowest BCUT2D eigenvalue weighted by Gasteiger charge is -2.10. The Bertz CT molecular complexity index is 516. The average Bonchev–Trinajstić information content (AvgIpc) is 2.27. The molecule has 0 aliphatic heterocycles. The standard InChI is InChI=1S/C9H5F4NO5/c10-7(8(15)16)19-6-2-1-4(9(11,12)13)3-5(6)14(17)18/h1-3,7H,(H,15,16). The van der Waals surface area contributed by atoms with E-state index in [2.05, 4.69) is 4.74 Å². The molecule has 19 heavy (non-hydrogen) atoms. The van der Waals surface area contributed by atoms with Crippen LogP contribution >= 0.6 is 0 Å². The number of ether oxygens (including phenoxy) is 1. The van der Waals surface area contributed by atoms with Crippen molar-refractivity contribution >= 4 is 11.7 Å². The molecule has 1 rings (SSSR count). The summed E-state index contributed by atoms with van der Waals surface area (Å²) in [5.74, 6) is -2.97. The summed E-state index contributed by atoms with van der Waals surface area (Å²) in [5, 5.41) is 18.7. The quantitative estimate of drug-likeness (QED) is 0.520. The third-order valence-corrected chi connectivity index (χ3v) is 1.91. The largest absolute Gasteiger partial charge is 0.476 e. The maximum absolute atomic E-state index is 12.7. The second-order valence-corrected chi connectivity index (χ2v) is 3.21. The van der Waals surface area contributed by atoms with Gasteiger partial charge >= 0.3 is 24.2 Å². The van der Waals surface area contributed by atoms with Gasteiger partial charge in [-0.1, -0.05) is 0 Å². The summed E-state index contributed by atoms with van der Waals surface area (Å²) in [4.78, 5) is 19.5. The maximum atomic E-state index is 12.7. The number of carboxylic acid groups (broad SMARTS) is 1. The Morgan fingerprint density at radius 2 is 2.00 bits per heavy atom. The predicted octanol–water partition coefficient (Wildman–Crippen LogP) is 2.37. The van der Waals surface area contributed by atoms with E-state index in [0.29, 0.717) is 12.1 Å². The number of nitrogens with zero attached hydrogens (tertiary/aromatic N) is 1. The van der Waals surface area contributed by atoms with Crippen LogP contribution in [0.4, 0.5) is 23.2 Å². The highest BCUT2D eigenvalue weighted by Crippen LogP contribution is 2.36. The van der Waals surface area contributed by atoms with Gasteiger partial charge in [-0.3, -0.25) is 10.1 Å². The fraction of sp³-hybridized carbons (Fsp3) is 0.222. The van der Waals surface area contributed by atoms with Crippen LogP contribution in [0.2, 0.25) is 0 Å². The van der Waals surface area contributed by atoms with E-state index >= 15 is 0 Å². The minimum Gasteiger partial charge on any atom is -0.476 e. The number of rotatable bonds is 4. The summed E-state index contributed by atoms with van der Waals surface area (Å²) in [6, 6.07) is 1.03. The van der Waals surface area contributed by atoms with Crippen molar-refractivity contribution in [3.05, 3.63) is 33.9 Å². The summed E-state index contributed by atoms with van der Waals surface area (Å²) in [7, 11) is 0. The smallest absolute Gasteiger partial charge is 0.416 e. The minimum atomic E-state index is -4.83. The number of hydrogen-bond acceptors (Lipinski definition) is 4. The van der Waals surface area contributed by atoms with Crippen LogP contribution in [0.1, 0.15) is 5.56 Å². The lowest BCUT2D eigenvalue weighted by atomic mass is 10.2.